The maximum absolute atomic E-state index is 11.7. The van der Waals surface area contributed by atoms with Gasteiger partial charge in [-0.1, -0.05) is 18.2 Å². The number of hydrogen-bond acceptors (Lipinski definition) is 4. The Morgan fingerprint density at radius 1 is 0.864 bits per heavy atom. The lowest BCUT2D eigenvalue weighted by atomic mass is 9.94. The molecule has 3 rings (SSSR count). The minimum atomic E-state index is -0.225. The van der Waals surface area contributed by atoms with Crippen LogP contribution in [0.3, 0.4) is 0 Å². The summed E-state index contributed by atoms with van der Waals surface area (Å²) in [5, 5.41) is 0. The number of esters is 2. The molecule has 2 saturated heterocycles. The Morgan fingerprint density at radius 3 is 1.68 bits per heavy atom. The minimum absolute atomic E-state index is 0.225. The number of allylic oxidation sites excluding steroid dienone is 2. The SMILES string of the molecule is C/C(=C1/CCOC1=O)c1cccc(/C(C)=C2\CCOC2=O)c1. The van der Waals surface area contributed by atoms with Crippen molar-refractivity contribution >= 4 is 23.1 Å². The Kier molecular flexibility index (Phi) is 3.84. The summed E-state index contributed by atoms with van der Waals surface area (Å²) < 4.78 is 10.0. The van der Waals surface area contributed by atoms with Gasteiger partial charge in [0.25, 0.3) is 0 Å². The normalized spacial score (nSPS) is 22.5. The van der Waals surface area contributed by atoms with E-state index in [2.05, 4.69) is 0 Å². The number of carbonyl (C=O) groups excluding carboxylic acids is 2. The van der Waals surface area contributed by atoms with E-state index in [1.807, 2.05) is 38.1 Å². The Morgan fingerprint density at radius 2 is 1.32 bits per heavy atom. The molecule has 1 aromatic rings. The predicted octanol–water partition coefficient (Wildman–Crippen LogP) is 3.13. The quantitative estimate of drug-likeness (QED) is 0.622. The molecule has 0 radical (unpaired) electrons. The maximum Gasteiger partial charge on any atom is 0.334 e. The molecular weight excluding hydrogens is 280 g/mol. The second-order valence-electron chi connectivity index (χ2n) is 5.56. The molecule has 0 bridgehead atoms. The summed E-state index contributed by atoms with van der Waals surface area (Å²) in [6.07, 6.45) is 1.31. The summed E-state index contributed by atoms with van der Waals surface area (Å²) in [6, 6.07) is 7.91. The van der Waals surface area contributed by atoms with Crippen LogP contribution in [0.4, 0.5) is 0 Å². The molecule has 4 nitrogen and oxygen atoms in total. The van der Waals surface area contributed by atoms with E-state index >= 15 is 0 Å². The zero-order valence-electron chi connectivity index (χ0n) is 12.8. The van der Waals surface area contributed by atoms with Gasteiger partial charge in [-0.05, 0) is 42.2 Å². The van der Waals surface area contributed by atoms with Crippen molar-refractivity contribution in [1.29, 1.82) is 0 Å². The lowest BCUT2D eigenvalue weighted by Gasteiger charge is -2.09. The van der Waals surface area contributed by atoms with Gasteiger partial charge in [0.05, 0.1) is 13.2 Å². The lowest BCUT2D eigenvalue weighted by Crippen LogP contribution is -1.99. The first kappa shape index (κ1) is 14.6. The lowest BCUT2D eigenvalue weighted by molar-refractivity contribution is -0.135. The van der Waals surface area contributed by atoms with Gasteiger partial charge in [0.1, 0.15) is 0 Å². The Labute approximate surface area is 129 Å². The molecule has 2 aliphatic heterocycles. The van der Waals surface area contributed by atoms with Crippen LogP contribution in [0.1, 0.15) is 37.8 Å². The Balaban J connectivity index is 2.00. The van der Waals surface area contributed by atoms with Crippen molar-refractivity contribution in [3.05, 3.63) is 46.5 Å². The van der Waals surface area contributed by atoms with Crippen LogP contribution in [0, 0.1) is 0 Å². The van der Waals surface area contributed by atoms with Crippen LogP contribution in [-0.4, -0.2) is 25.2 Å². The van der Waals surface area contributed by atoms with E-state index in [9.17, 15) is 9.59 Å². The molecule has 0 spiro atoms. The van der Waals surface area contributed by atoms with E-state index in [-0.39, 0.29) is 11.9 Å². The molecule has 0 unspecified atom stereocenters. The average Bonchev–Trinajstić information content (AvgIpc) is 3.14. The third kappa shape index (κ3) is 2.56. The zero-order valence-corrected chi connectivity index (χ0v) is 12.8. The highest BCUT2D eigenvalue weighted by Gasteiger charge is 2.23. The first-order valence-corrected chi connectivity index (χ1v) is 7.42. The second kappa shape index (κ2) is 5.79. The van der Waals surface area contributed by atoms with E-state index in [4.69, 9.17) is 9.47 Å². The highest BCUT2D eigenvalue weighted by atomic mass is 16.5. The van der Waals surface area contributed by atoms with Crippen LogP contribution in [0.5, 0.6) is 0 Å². The van der Waals surface area contributed by atoms with Crippen LogP contribution in [0.25, 0.3) is 11.1 Å². The number of cyclic esters (lactones) is 2. The van der Waals surface area contributed by atoms with Crippen molar-refractivity contribution in [2.24, 2.45) is 0 Å². The van der Waals surface area contributed by atoms with Gasteiger partial charge in [-0.25, -0.2) is 9.59 Å². The molecule has 0 saturated carbocycles. The fraction of sp³-hybridized carbons (Fsp3) is 0.333. The minimum Gasteiger partial charge on any atom is -0.462 e. The van der Waals surface area contributed by atoms with Gasteiger partial charge in [0.2, 0.25) is 0 Å². The molecule has 0 atom stereocenters. The van der Waals surface area contributed by atoms with Gasteiger partial charge in [0, 0.05) is 24.0 Å². The first-order valence-electron chi connectivity index (χ1n) is 7.42. The van der Waals surface area contributed by atoms with Crippen LogP contribution in [0.2, 0.25) is 0 Å². The summed E-state index contributed by atoms with van der Waals surface area (Å²) in [7, 11) is 0. The van der Waals surface area contributed by atoms with E-state index in [1.165, 1.54) is 0 Å². The molecular formula is C18H18O4. The van der Waals surface area contributed by atoms with Crippen molar-refractivity contribution < 1.29 is 19.1 Å². The van der Waals surface area contributed by atoms with E-state index in [0.717, 1.165) is 33.4 Å². The van der Waals surface area contributed by atoms with Crippen molar-refractivity contribution in [1.82, 2.24) is 0 Å². The van der Waals surface area contributed by atoms with Crippen molar-refractivity contribution in [3.63, 3.8) is 0 Å². The molecule has 2 aliphatic rings. The topological polar surface area (TPSA) is 52.6 Å². The third-order valence-corrected chi connectivity index (χ3v) is 4.30. The number of hydrogen-bond donors (Lipinski definition) is 0. The van der Waals surface area contributed by atoms with Gasteiger partial charge < -0.3 is 9.47 Å². The monoisotopic (exact) mass is 298 g/mol. The molecule has 22 heavy (non-hydrogen) atoms. The molecule has 0 aromatic heterocycles. The Bertz CT molecular complexity index is 652. The van der Waals surface area contributed by atoms with Crippen LogP contribution >= 0.6 is 0 Å². The standard InChI is InChI=1S/C18H18O4/c1-11(15-6-8-21-17(15)19)13-4-3-5-14(10-13)12(2)16-7-9-22-18(16)20/h3-5,10H,6-9H2,1-2H3/b15-11+,16-12+. The highest BCUT2D eigenvalue weighted by molar-refractivity contribution is 6.00. The highest BCUT2D eigenvalue weighted by Crippen LogP contribution is 2.29. The maximum atomic E-state index is 11.7. The van der Waals surface area contributed by atoms with Gasteiger partial charge >= 0.3 is 11.9 Å². The molecule has 0 aliphatic carbocycles. The summed E-state index contributed by atoms with van der Waals surface area (Å²) in [5.74, 6) is -0.449. The van der Waals surface area contributed by atoms with Crippen LogP contribution in [0.15, 0.2) is 35.4 Å². The van der Waals surface area contributed by atoms with E-state index < -0.39 is 0 Å². The fourth-order valence-electron chi connectivity index (χ4n) is 2.89. The number of carbonyl (C=O) groups is 2. The van der Waals surface area contributed by atoms with Gasteiger partial charge in [-0.15, -0.1) is 0 Å². The van der Waals surface area contributed by atoms with Crippen molar-refractivity contribution in [2.45, 2.75) is 26.7 Å². The third-order valence-electron chi connectivity index (χ3n) is 4.30. The summed E-state index contributed by atoms with van der Waals surface area (Å²) in [6.45, 7) is 4.79. The van der Waals surface area contributed by atoms with Gasteiger partial charge in [-0.2, -0.15) is 0 Å². The van der Waals surface area contributed by atoms with E-state index in [1.54, 1.807) is 0 Å². The number of rotatable bonds is 2. The largest absolute Gasteiger partial charge is 0.462 e. The van der Waals surface area contributed by atoms with E-state index in [0.29, 0.717) is 26.1 Å². The van der Waals surface area contributed by atoms with Crippen molar-refractivity contribution in [3.8, 4) is 0 Å². The molecule has 4 heteroatoms. The zero-order chi connectivity index (χ0) is 15.7. The average molecular weight is 298 g/mol. The van der Waals surface area contributed by atoms with Crippen LogP contribution in [-0.2, 0) is 19.1 Å². The summed E-state index contributed by atoms with van der Waals surface area (Å²) >= 11 is 0. The second-order valence-corrected chi connectivity index (χ2v) is 5.56. The van der Waals surface area contributed by atoms with Crippen LogP contribution < -0.4 is 0 Å². The number of ether oxygens (including phenoxy) is 2. The van der Waals surface area contributed by atoms with Gasteiger partial charge in [0.15, 0.2) is 0 Å². The van der Waals surface area contributed by atoms with Gasteiger partial charge in [-0.3, -0.25) is 0 Å². The molecule has 0 amide bonds. The summed E-state index contributed by atoms with van der Waals surface area (Å²) in [4.78, 5) is 23.4. The molecule has 114 valence electrons. The first-order chi connectivity index (χ1) is 10.6. The Hall–Kier alpha value is -2.36. The van der Waals surface area contributed by atoms with Crippen molar-refractivity contribution in [2.75, 3.05) is 13.2 Å². The predicted molar refractivity (Wildman–Crippen MR) is 82.8 cm³/mol. The fourth-order valence-corrected chi connectivity index (χ4v) is 2.89. The summed E-state index contributed by atoms with van der Waals surface area (Å²) in [5.41, 5.74) is 5.33. The smallest absolute Gasteiger partial charge is 0.334 e. The molecule has 1 aromatic carbocycles. The molecule has 2 fully saturated rings. The molecule has 0 N–H and O–H groups in total. The molecule has 2 heterocycles. The number of benzene rings is 1.